The van der Waals surface area contributed by atoms with Crippen molar-refractivity contribution in [1.82, 2.24) is 8.96 Å². The van der Waals surface area contributed by atoms with Gasteiger partial charge in [-0.1, -0.05) is 17.7 Å². The zero-order valence-electron chi connectivity index (χ0n) is 14.9. The first-order chi connectivity index (χ1) is 12.8. The summed E-state index contributed by atoms with van der Waals surface area (Å²) in [6, 6.07) is 7.75. The first-order valence-electron chi connectivity index (χ1n) is 8.50. The lowest BCUT2D eigenvalue weighted by atomic mass is 10.2. The van der Waals surface area contributed by atoms with E-state index in [-0.39, 0.29) is 33.3 Å². The maximum absolute atomic E-state index is 13.0. The summed E-state index contributed by atoms with van der Waals surface area (Å²) in [5, 5.41) is 12.8. The van der Waals surface area contributed by atoms with Crippen LogP contribution in [0.2, 0.25) is 1.41 Å². The molecule has 0 amide bonds. The van der Waals surface area contributed by atoms with Gasteiger partial charge in [0.2, 0.25) is 0 Å². The second kappa shape index (κ2) is 5.80. The topological polar surface area (TPSA) is 107 Å². The summed E-state index contributed by atoms with van der Waals surface area (Å²) >= 11 is 0. The number of hydrogen-bond acceptors (Lipinski definition) is 6. The van der Waals surface area contributed by atoms with E-state index in [0.717, 1.165) is 33.9 Å². The first kappa shape index (κ1) is 15.3. The van der Waals surface area contributed by atoms with Crippen molar-refractivity contribution in [1.29, 1.82) is 0 Å². The smallest absolute Gasteiger partial charge is 0.311 e. The molecule has 0 atom stereocenters. The lowest BCUT2D eigenvalue weighted by molar-refractivity contribution is -0.384. The molecule has 26 heavy (non-hydrogen) atoms. The molecule has 1 saturated carbocycles. The van der Waals surface area contributed by atoms with Crippen LogP contribution in [-0.4, -0.2) is 28.3 Å². The van der Waals surface area contributed by atoms with E-state index in [2.05, 4.69) is 4.98 Å². The minimum atomic E-state index is -3.91. The molecule has 0 radical (unpaired) electrons. The number of pyridine rings is 1. The van der Waals surface area contributed by atoms with Gasteiger partial charge in [-0.25, -0.2) is 17.4 Å². The van der Waals surface area contributed by atoms with Gasteiger partial charge < -0.3 is 5.31 Å². The molecule has 0 spiro atoms. The highest BCUT2D eigenvalue weighted by atomic mass is 32.2. The number of aromatic nitrogens is 2. The summed E-state index contributed by atoms with van der Waals surface area (Å²) in [5.74, 6) is 0. The molecule has 1 N–H and O–H groups in total. The van der Waals surface area contributed by atoms with E-state index in [4.69, 9.17) is 1.41 Å². The Morgan fingerprint density at radius 1 is 1.31 bits per heavy atom. The molecular weight excluding hydrogens is 356 g/mol. The van der Waals surface area contributed by atoms with Crippen molar-refractivity contribution >= 4 is 32.4 Å². The Morgan fingerprint density at radius 3 is 2.62 bits per heavy atom. The largest absolute Gasteiger partial charge is 0.376 e. The predicted molar refractivity (Wildman–Crippen MR) is 96.8 cm³/mol. The number of benzene rings is 1. The van der Waals surface area contributed by atoms with E-state index in [1.54, 1.807) is 12.1 Å². The third kappa shape index (κ3) is 2.70. The van der Waals surface area contributed by atoms with Gasteiger partial charge >= 0.3 is 5.69 Å². The fourth-order valence-electron chi connectivity index (χ4n) is 2.71. The molecule has 1 fully saturated rings. The van der Waals surface area contributed by atoms with Crippen LogP contribution in [-0.2, 0) is 10.0 Å². The standard InChI is InChI=1S/C17H16N4O4S/c1-11-2-6-13(7-3-11)26(24,25)20-9-8-14-16(19-12-4-5-12)15(21(22)23)10-18-17(14)20/h2-3,6-10,12H,4-5H2,1H3,(H,18,19)/i/hD. The zero-order valence-corrected chi connectivity index (χ0v) is 14.7. The Balaban J connectivity index is 1.93. The second-order valence-corrected chi connectivity index (χ2v) is 8.09. The lowest BCUT2D eigenvalue weighted by Crippen LogP contribution is -2.13. The average molecular weight is 373 g/mol. The van der Waals surface area contributed by atoms with Crippen molar-refractivity contribution in [3.63, 3.8) is 0 Å². The minimum absolute atomic E-state index is 0.0640. The van der Waals surface area contributed by atoms with Gasteiger partial charge in [-0.2, -0.15) is 0 Å². The van der Waals surface area contributed by atoms with E-state index in [1.807, 2.05) is 6.92 Å². The van der Waals surface area contributed by atoms with Gasteiger partial charge in [-0.3, -0.25) is 10.1 Å². The van der Waals surface area contributed by atoms with Crippen LogP contribution >= 0.6 is 0 Å². The molecule has 3 aromatic rings. The maximum Gasteiger partial charge on any atom is 0.311 e. The molecule has 0 aliphatic heterocycles. The summed E-state index contributed by atoms with van der Waals surface area (Å²) in [6.45, 7) is 1.86. The second-order valence-electron chi connectivity index (χ2n) is 6.28. The monoisotopic (exact) mass is 373 g/mol. The lowest BCUT2D eigenvalue weighted by Gasteiger charge is -2.09. The predicted octanol–water partition coefficient (Wildman–Crippen LogP) is 3.06. The molecule has 0 bridgehead atoms. The molecule has 134 valence electrons. The van der Waals surface area contributed by atoms with Crippen molar-refractivity contribution < 1.29 is 14.8 Å². The summed E-state index contributed by atoms with van der Waals surface area (Å²) in [7, 11) is -3.91. The van der Waals surface area contributed by atoms with Gasteiger partial charge in [0, 0.05) is 12.2 Å². The van der Waals surface area contributed by atoms with Crippen molar-refractivity contribution in [2.24, 2.45) is 0 Å². The van der Waals surface area contributed by atoms with Gasteiger partial charge in [0.05, 0.1) is 15.2 Å². The molecule has 1 aliphatic carbocycles. The molecule has 0 saturated heterocycles. The molecule has 1 aliphatic rings. The van der Waals surface area contributed by atoms with E-state index >= 15 is 0 Å². The fraction of sp³-hybridized carbons (Fsp3) is 0.235. The average Bonchev–Trinajstić information content (AvgIpc) is 3.38. The van der Waals surface area contributed by atoms with Crippen molar-refractivity contribution in [2.75, 3.05) is 5.31 Å². The zero-order chi connectivity index (χ0) is 19.3. The quantitative estimate of drug-likeness (QED) is 0.544. The number of nitrogens with one attached hydrogen (secondary N) is 1. The van der Waals surface area contributed by atoms with Crippen LogP contribution in [0.15, 0.2) is 47.6 Å². The Labute approximate surface area is 151 Å². The normalized spacial score (nSPS) is 15.0. The molecule has 0 unspecified atom stereocenters. The number of aryl methyl sites for hydroxylation is 1. The number of nitrogens with zero attached hydrogens (tertiary/aromatic N) is 3. The first-order valence-corrected chi connectivity index (χ1v) is 9.49. The number of rotatable bonds is 5. The third-order valence-corrected chi connectivity index (χ3v) is 5.95. The fourth-order valence-corrected chi connectivity index (χ4v) is 4.01. The Morgan fingerprint density at radius 2 is 2.00 bits per heavy atom. The van der Waals surface area contributed by atoms with Crippen LogP contribution in [0.5, 0.6) is 0 Å². The Bertz CT molecular complexity index is 1150. The minimum Gasteiger partial charge on any atom is -0.376 e. The van der Waals surface area contributed by atoms with Gasteiger partial charge in [0.15, 0.2) is 7.06 Å². The van der Waals surface area contributed by atoms with E-state index in [9.17, 15) is 18.5 Å². The van der Waals surface area contributed by atoms with E-state index in [0.29, 0.717) is 0 Å². The van der Waals surface area contributed by atoms with Crippen LogP contribution in [0.4, 0.5) is 11.4 Å². The Hall–Kier alpha value is -2.94. The summed E-state index contributed by atoms with van der Waals surface area (Å²) in [6.07, 6.45) is 3.88. The Kier molecular flexibility index (Phi) is 3.42. The van der Waals surface area contributed by atoms with Crippen LogP contribution in [0.25, 0.3) is 11.0 Å². The molecule has 4 rings (SSSR count). The highest BCUT2D eigenvalue weighted by Gasteiger charge is 2.29. The van der Waals surface area contributed by atoms with E-state index in [1.165, 1.54) is 24.4 Å². The van der Waals surface area contributed by atoms with Gasteiger partial charge in [-0.05, 0) is 38.0 Å². The van der Waals surface area contributed by atoms with E-state index < -0.39 is 14.9 Å². The molecule has 2 heterocycles. The highest BCUT2D eigenvalue weighted by Crippen LogP contribution is 2.37. The summed E-state index contributed by atoms with van der Waals surface area (Å²) in [5.41, 5.74) is 0.756. The third-order valence-electron chi connectivity index (χ3n) is 4.27. The van der Waals surface area contributed by atoms with Crippen molar-refractivity contribution in [3.05, 3.63) is 58.4 Å². The number of fused-ring (bicyclic) bond motifs is 1. The highest BCUT2D eigenvalue weighted by molar-refractivity contribution is 7.90. The molecule has 9 heteroatoms. The van der Waals surface area contributed by atoms with Gasteiger partial charge in [0.25, 0.3) is 10.0 Å². The van der Waals surface area contributed by atoms with Gasteiger partial charge in [-0.15, -0.1) is 0 Å². The number of nitro groups is 1. The molecule has 1 aromatic carbocycles. The van der Waals surface area contributed by atoms with Crippen LogP contribution in [0, 0.1) is 17.0 Å². The van der Waals surface area contributed by atoms with Crippen LogP contribution in [0.3, 0.4) is 0 Å². The SMILES string of the molecule is [2H]N(c1c([N+](=O)[O-])cnc2c1ccn2S(=O)(=O)c1ccc(C)cc1)C1CC1. The molecular formula is C17H16N4O4S. The van der Waals surface area contributed by atoms with Crippen LogP contribution in [0.1, 0.15) is 18.4 Å². The maximum atomic E-state index is 13.0. The molecule has 8 nitrogen and oxygen atoms in total. The van der Waals surface area contributed by atoms with Gasteiger partial charge in [0.1, 0.15) is 11.9 Å². The van der Waals surface area contributed by atoms with Crippen molar-refractivity contribution in [2.45, 2.75) is 30.7 Å². The summed E-state index contributed by atoms with van der Waals surface area (Å²) in [4.78, 5) is 14.9. The molecule has 2 aromatic heterocycles. The number of anilines is 1. The van der Waals surface area contributed by atoms with Crippen LogP contribution < -0.4 is 5.31 Å². The van der Waals surface area contributed by atoms with Crippen molar-refractivity contribution in [3.8, 4) is 0 Å². The number of hydrogen-bond donors (Lipinski definition) is 1. The summed E-state index contributed by atoms with van der Waals surface area (Å²) < 4.78 is 35.2.